The molecule has 10 heteroatoms. The van der Waals surface area contributed by atoms with E-state index in [4.69, 9.17) is 9.47 Å². The first-order chi connectivity index (χ1) is 23.7. The van der Waals surface area contributed by atoms with Gasteiger partial charge >= 0.3 is 5.97 Å². The number of rotatable bonds is 17. The minimum absolute atomic E-state index is 0.0402. The van der Waals surface area contributed by atoms with Crippen LogP contribution in [0.25, 0.3) is 0 Å². The van der Waals surface area contributed by atoms with Crippen LogP contribution in [0.1, 0.15) is 67.7 Å². The number of fused-ring (bicyclic) bond motifs is 1. The zero-order chi connectivity index (χ0) is 35.1. The Kier molecular flexibility index (Phi) is 11.7. The van der Waals surface area contributed by atoms with Crippen LogP contribution in [-0.2, 0) is 28.7 Å². The number of allylic oxidation sites excluding steroid dienone is 1. The molecule has 0 radical (unpaired) electrons. The maximum Gasteiger partial charge on any atom is 0.313 e. The number of anilines is 1. The maximum absolute atomic E-state index is 14.9. The first-order valence-corrected chi connectivity index (χ1v) is 17.4. The van der Waals surface area contributed by atoms with Crippen LogP contribution in [0.3, 0.4) is 0 Å². The number of nitrogens with zero attached hydrogens (tertiary/aromatic N) is 2. The second-order valence-corrected chi connectivity index (χ2v) is 13.3. The Hall–Kier alpha value is -4.28. The molecule has 3 heterocycles. The third-order valence-corrected chi connectivity index (χ3v) is 10.1. The van der Waals surface area contributed by atoms with Gasteiger partial charge in [-0.1, -0.05) is 60.7 Å². The highest BCUT2D eigenvalue weighted by Crippen LogP contribution is 2.59. The standard InChI is InChI=1S/C39H49N3O7/c1-5-7-19-31(44)40-25-30(28-17-10-8-11-18-28)48-38(47)32-29-20-21-39(49-29)33(32)36(45)42(23-12-9-13-24-43)35(39)37(46)41(22-6-2)34-26(3)15-14-16-27(34)4/h5-6,8,10-11,14-18,29-30,32-33,35,43H,1-2,7,9,12-13,19-25H2,3-4H3,(H,40,44)/t29-,30-,32+,33+,35-,39+/m0/s1. The van der Waals surface area contributed by atoms with E-state index in [0.29, 0.717) is 50.6 Å². The molecule has 2 N–H and O–H groups in total. The molecule has 262 valence electrons. The van der Waals surface area contributed by atoms with Gasteiger partial charge in [-0.25, -0.2) is 0 Å². The molecule has 10 nitrogen and oxygen atoms in total. The highest BCUT2D eigenvalue weighted by atomic mass is 16.6. The van der Waals surface area contributed by atoms with E-state index in [2.05, 4.69) is 18.5 Å². The first-order valence-electron chi connectivity index (χ1n) is 17.4. The third kappa shape index (κ3) is 7.21. The van der Waals surface area contributed by atoms with Gasteiger partial charge in [-0.2, -0.15) is 0 Å². The number of amides is 3. The Morgan fingerprint density at radius 2 is 1.82 bits per heavy atom. The van der Waals surface area contributed by atoms with Crippen molar-refractivity contribution in [3.63, 3.8) is 0 Å². The number of benzene rings is 2. The summed E-state index contributed by atoms with van der Waals surface area (Å²) in [5.74, 6) is -3.13. The lowest BCUT2D eigenvalue weighted by Gasteiger charge is -2.37. The average Bonchev–Trinajstić information content (AvgIpc) is 3.74. The number of aryl methyl sites for hydroxylation is 2. The van der Waals surface area contributed by atoms with Gasteiger partial charge in [0.1, 0.15) is 17.7 Å². The molecule has 5 rings (SSSR count). The number of aliphatic hydroxyl groups excluding tert-OH is 1. The maximum atomic E-state index is 14.9. The van der Waals surface area contributed by atoms with Crippen LogP contribution in [0.15, 0.2) is 73.8 Å². The van der Waals surface area contributed by atoms with Crippen LogP contribution in [0.2, 0.25) is 0 Å². The third-order valence-electron chi connectivity index (χ3n) is 10.1. The molecule has 1 spiro atoms. The highest BCUT2D eigenvalue weighted by Gasteiger charge is 2.75. The summed E-state index contributed by atoms with van der Waals surface area (Å²) in [6, 6.07) is 14.1. The van der Waals surface area contributed by atoms with E-state index in [1.807, 2.05) is 62.4 Å². The molecule has 0 unspecified atom stereocenters. The Balaban J connectivity index is 1.47. The van der Waals surface area contributed by atoms with Crippen molar-refractivity contribution in [2.24, 2.45) is 11.8 Å². The fourth-order valence-corrected chi connectivity index (χ4v) is 7.95. The molecular formula is C39H49N3O7. The average molecular weight is 672 g/mol. The molecule has 0 saturated carbocycles. The lowest BCUT2D eigenvalue weighted by molar-refractivity contribution is -0.160. The largest absolute Gasteiger partial charge is 0.455 e. The van der Waals surface area contributed by atoms with E-state index in [1.54, 1.807) is 22.0 Å². The van der Waals surface area contributed by atoms with Crippen molar-refractivity contribution in [1.29, 1.82) is 0 Å². The predicted molar refractivity (Wildman–Crippen MR) is 186 cm³/mol. The minimum Gasteiger partial charge on any atom is -0.455 e. The monoisotopic (exact) mass is 671 g/mol. The van der Waals surface area contributed by atoms with Gasteiger partial charge in [0, 0.05) is 31.8 Å². The van der Waals surface area contributed by atoms with Gasteiger partial charge in [-0.05, 0) is 69.1 Å². The molecular weight excluding hydrogens is 622 g/mol. The van der Waals surface area contributed by atoms with Crippen molar-refractivity contribution in [2.45, 2.75) is 82.6 Å². The van der Waals surface area contributed by atoms with Gasteiger partial charge < -0.3 is 29.7 Å². The SMILES string of the molecule is C=CCCC(=O)NC[C@H](OC(=O)[C@@H]1[C@@H]2CC[C@]3(O2)[C@H](C(=O)N(CC=C)c2c(C)cccc2C)N(CCCCCO)C(=O)[C@@H]13)c1ccccc1. The molecule has 3 fully saturated rings. The van der Waals surface area contributed by atoms with E-state index < -0.39 is 41.7 Å². The normalized spacial score (nSPS) is 24.3. The van der Waals surface area contributed by atoms with Crippen LogP contribution < -0.4 is 10.2 Å². The summed E-state index contributed by atoms with van der Waals surface area (Å²) in [7, 11) is 0. The van der Waals surface area contributed by atoms with Gasteiger partial charge in [-0.3, -0.25) is 19.2 Å². The Bertz CT molecular complexity index is 1520. The molecule has 3 aliphatic rings. The van der Waals surface area contributed by atoms with Gasteiger partial charge in [0.15, 0.2) is 0 Å². The molecule has 3 saturated heterocycles. The molecule has 3 aliphatic heterocycles. The molecule has 49 heavy (non-hydrogen) atoms. The Morgan fingerprint density at radius 1 is 1.08 bits per heavy atom. The topological polar surface area (TPSA) is 125 Å². The van der Waals surface area contributed by atoms with Gasteiger partial charge in [0.05, 0.1) is 24.5 Å². The number of likely N-dealkylation sites (tertiary alicyclic amines) is 1. The van der Waals surface area contributed by atoms with Crippen molar-refractivity contribution >= 4 is 29.4 Å². The van der Waals surface area contributed by atoms with E-state index in [0.717, 1.165) is 16.8 Å². The molecule has 6 atom stereocenters. The molecule has 2 aromatic carbocycles. The highest BCUT2D eigenvalue weighted by molar-refractivity contribution is 6.05. The van der Waals surface area contributed by atoms with Crippen molar-refractivity contribution in [3.8, 4) is 0 Å². The lowest BCUT2D eigenvalue weighted by Crippen LogP contribution is -2.56. The number of carbonyl (C=O) groups excluding carboxylic acids is 4. The lowest BCUT2D eigenvalue weighted by atomic mass is 9.70. The summed E-state index contributed by atoms with van der Waals surface area (Å²) in [5, 5.41) is 12.2. The fraction of sp³-hybridized carbons (Fsp3) is 0.487. The second-order valence-electron chi connectivity index (χ2n) is 13.3. The minimum atomic E-state index is -1.20. The summed E-state index contributed by atoms with van der Waals surface area (Å²) < 4.78 is 12.8. The van der Waals surface area contributed by atoms with Crippen molar-refractivity contribution < 1.29 is 33.8 Å². The summed E-state index contributed by atoms with van der Waals surface area (Å²) in [5.41, 5.74) is 2.12. The molecule has 0 aliphatic carbocycles. The molecule has 2 aromatic rings. The fourth-order valence-electron chi connectivity index (χ4n) is 7.95. The van der Waals surface area contributed by atoms with Gasteiger partial charge in [-0.15, -0.1) is 13.2 Å². The smallest absolute Gasteiger partial charge is 0.313 e. The van der Waals surface area contributed by atoms with Crippen LogP contribution in [0.5, 0.6) is 0 Å². The summed E-state index contributed by atoms with van der Waals surface area (Å²) >= 11 is 0. The van der Waals surface area contributed by atoms with Gasteiger partial charge in [0.2, 0.25) is 11.8 Å². The summed E-state index contributed by atoms with van der Waals surface area (Å²) in [6.45, 7) is 12.1. The van der Waals surface area contributed by atoms with E-state index in [-0.39, 0.29) is 43.8 Å². The number of hydrogen-bond acceptors (Lipinski definition) is 7. The summed E-state index contributed by atoms with van der Waals surface area (Å²) in [4.78, 5) is 59.4. The second kappa shape index (κ2) is 16.0. The predicted octanol–water partition coefficient (Wildman–Crippen LogP) is 4.73. The number of hydrogen-bond donors (Lipinski definition) is 2. The van der Waals surface area contributed by atoms with Crippen molar-refractivity contribution in [2.75, 3.05) is 31.1 Å². The number of ether oxygens (including phenoxy) is 2. The van der Waals surface area contributed by atoms with E-state index in [9.17, 15) is 24.3 Å². The van der Waals surface area contributed by atoms with Crippen LogP contribution in [0, 0.1) is 25.7 Å². The van der Waals surface area contributed by atoms with Gasteiger partial charge in [0.25, 0.3) is 5.91 Å². The number of para-hydroxylation sites is 1. The molecule has 3 amide bonds. The quantitative estimate of drug-likeness (QED) is 0.142. The number of aliphatic hydroxyl groups is 1. The zero-order valence-electron chi connectivity index (χ0n) is 28.6. The number of unbranched alkanes of at least 4 members (excludes halogenated alkanes) is 2. The van der Waals surface area contributed by atoms with Crippen molar-refractivity contribution in [3.05, 3.63) is 90.5 Å². The summed E-state index contributed by atoms with van der Waals surface area (Å²) in [6.07, 6.45) is 5.58. The van der Waals surface area contributed by atoms with Crippen LogP contribution >= 0.6 is 0 Å². The van der Waals surface area contributed by atoms with Crippen LogP contribution in [0.4, 0.5) is 5.69 Å². The molecule has 0 aromatic heterocycles. The number of carbonyl (C=O) groups is 4. The van der Waals surface area contributed by atoms with Crippen molar-refractivity contribution in [1.82, 2.24) is 10.2 Å². The zero-order valence-corrected chi connectivity index (χ0v) is 28.6. The van der Waals surface area contributed by atoms with E-state index in [1.165, 1.54) is 0 Å². The Labute approximate surface area is 289 Å². The first kappa shape index (κ1) is 36.0. The molecule has 2 bridgehead atoms. The Morgan fingerprint density at radius 3 is 2.49 bits per heavy atom. The van der Waals surface area contributed by atoms with Crippen LogP contribution in [-0.4, -0.2) is 77.7 Å². The number of esters is 1. The van der Waals surface area contributed by atoms with E-state index >= 15 is 0 Å². The number of nitrogens with one attached hydrogen (secondary N) is 1.